The number of halogens is 3. The molecule has 0 spiro atoms. The van der Waals surface area contributed by atoms with E-state index in [1.54, 1.807) is 16.5 Å². The van der Waals surface area contributed by atoms with Crippen molar-refractivity contribution in [2.45, 2.75) is 25.1 Å². The van der Waals surface area contributed by atoms with E-state index in [4.69, 9.17) is 0 Å². The number of fused-ring (bicyclic) bond motifs is 1. The lowest BCUT2D eigenvalue weighted by Gasteiger charge is -2.35. The minimum Gasteiger partial charge on any atom is -0.507 e. The van der Waals surface area contributed by atoms with Crippen LogP contribution in [0.3, 0.4) is 0 Å². The van der Waals surface area contributed by atoms with Crippen LogP contribution in [0.15, 0.2) is 36.5 Å². The topological polar surface area (TPSA) is 56.9 Å². The summed E-state index contributed by atoms with van der Waals surface area (Å²) in [5.74, 6) is 0.216. The highest BCUT2D eigenvalue weighted by Crippen LogP contribution is 2.38. The van der Waals surface area contributed by atoms with Gasteiger partial charge in [-0.1, -0.05) is 0 Å². The number of benzene rings is 1. The molecule has 1 saturated heterocycles. The Hall–Kier alpha value is -2.81. The quantitative estimate of drug-likeness (QED) is 0.721. The molecule has 0 saturated carbocycles. The predicted octanol–water partition coefficient (Wildman–Crippen LogP) is 3.65. The maximum atomic E-state index is 12.9. The molecule has 0 amide bonds. The van der Waals surface area contributed by atoms with Gasteiger partial charge in [-0.2, -0.15) is 13.2 Å². The summed E-state index contributed by atoms with van der Waals surface area (Å²) in [5.41, 5.74) is 0.386. The first-order valence-electron chi connectivity index (χ1n) is 9.41. The van der Waals surface area contributed by atoms with E-state index in [0.717, 1.165) is 38.1 Å². The Morgan fingerprint density at radius 3 is 2.66 bits per heavy atom. The molecule has 1 N–H and O–H groups in total. The van der Waals surface area contributed by atoms with Crippen LogP contribution in [0.5, 0.6) is 5.75 Å². The zero-order chi connectivity index (χ0) is 20.8. The van der Waals surface area contributed by atoms with Crippen LogP contribution in [0, 0.1) is 0 Å². The first-order chi connectivity index (χ1) is 13.8. The normalized spacial score (nSPS) is 18.3. The number of anilines is 1. The number of alkyl halides is 3. The maximum Gasteiger partial charge on any atom is 0.416 e. The van der Waals surface area contributed by atoms with Crippen LogP contribution in [0.2, 0.25) is 0 Å². The van der Waals surface area contributed by atoms with E-state index in [1.807, 2.05) is 13.2 Å². The molecule has 0 radical (unpaired) electrons. The van der Waals surface area contributed by atoms with E-state index in [1.165, 1.54) is 6.07 Å². The number of pyridine rings is 1. The number of nitrogens with zero attached hydrogens (tertiary/aromatic N) is 5. The van der Waals surface area contributed by atoms with Crippen LogP contribution in [0.4, 0.5) is 19.1 Å². The molecule has 2 aromatic heterocycles. The molecule has 0 aliphatic carbocycles. The van der Waals surface area contributed by atoms with Crippen LogP contribution < -0.4 is 4.90 Å². The van der Waals surface area contributed by atoms with Gasteiger partial charge in [0, 0.05) is 37.0 Å². The molecule has 4 rings (SSSR count). The van der Waals surface area contributed by atoms with E-state index >= 15 is 0 Å². The summed E-state index contributed by atoms with van der Waals surface area (Å²) in [7, 11) is 4.07. The van der Waals surface area contributed by atoms with Crippen molar-refractivity contribution in [2.75, 3.05) is 32.1 Å². The number of likely N-dealkylation sites (N-methyl/N-ethyl adjacent to an activating group) is 2. The number of hydrogen-bond donors (Lipinski definition) is 1. The van der Waals surface area contributed by atoms with Gasteiger partial charge in [0.05, 0.1) is 5.56 Å². The van der Waals surface area contributed by atoms with E-state index in [0.29, 0.717) is 23.2 Å². The highest BCUT2D eigenvalue weighted by Gasteiger charge is 2.31. The molecular formula is C20H22F3N5O. The number of phenols is 1. The van der Waals surface area contributed by atoms with Gasteiger partial charge in [-0.25, -0.2) is 0 Å². The molecule has 9 heteroatoms. The Morgan fingerprint density at radius 2 is 1.97 bits per heavy atom. The van der Waals surface area contributed by atoms with E-state index in [-0.39, 0.29) is 5.56 Å². The second kappa shape index (κ2) is 7.22. The smallest absolute Gasteiger partial charge is 0.416 e. The molecule has 0 unspecified atom stereocenters. The van der Waals surface area contributed by atoms with Crippen molar-refractivity contribution in [3.63, 3.8) is 0 Å². The van der Waals surface area contributed by atoms with Crippen LogP contribution in [0.1, 0.15) is 18.4 Å². The molecule has 3 heterocycles. The van der Waals surface area contributed by atoms with Gasteiger partial charge in [-0.15, -0.1) is 10.2 Å². The fourth-order valence-corrected chi connectivity index (χ4v) is 3.91. The Balaban J connectivity index is 1.73. The summed E-state index contributed by atoms with van der Waals surface area (Å²) in [5, 5.41) is 18.8. The molecule has 1 atom stereocenters. The van der Waals surface area contributed by atoms with Crippen molar-refractivity contribution >= 4 is 11.6 Å². The lowest BCUT2D eigenvalue weighted by Crippen LogP contribution is -2.45. The van der Waals surface area contributed by atoms with Gasteiger partial charge in [0.1, 0.15) is 5.75 Å². The lowest BCUT2D eigenvalue weighted by atomic mass is 10.0. The Labute approximate surface area is 166 Å². The van der Waals surface area contributed by atoms with Gasteiger partial charge in [0.25, 0.3) is 0 Å². The fraction of sp³-hybridized carbons (Fsp3) is 0.400. The summed E-state index contributed by atoms with van der Waals surface area (Å²) >= 11 is 0. The zero-order valence-electron chi connectivity index (χ0n) is 16.2. The van der Waals surface area contributed by atoms with Crippen molar-refractivity contribution in [3.05, 3.63) is 42.1 Å². The largest absolute Gasteiger partial charge is 0.507 e. The third kappa shape index (κ3) is 3.62. The molecule has 1 aliphatic heterocycles. The number of rotatable bonds is 3. The van der Waals surface area contributed by atoms with Crippen molar-refractivity contribution in [2.24, 2.45) is 0 Å². The van der Waals surface area contributed by atoms with Crippen molar-refractivity contribution in [3.8, 4) is 16.9 Å². The minimum atomic E-state index is -4.51. The number of aromatic nitrogens is 3. The molecule has 1 aliphatic rings. The summed E-state index contributed by atoms with van der Waals surface area (Å²) in [6.07, 6.45) is -0.541. The van der Waals surface area contributed by atoms with Gasteiger partial charge in [-0.3, -0.25) is 4.40 Å². The number of likely N-dealkylation sites (tertiary alicyclic amines) is 1. The Morgan fingerprint density at radius 1 is 1.17 bits per heavy atom. The van der Waals surface area contributed by atoms with Gasteiger partial charge < -0.3 is 14.9 Å². The van der Waals surface area contributed by atoms with E-state index < -0.39 is 17.5 Å². The van der Waals surface area contributed by atoms with Crippen molar-refractivity contribution in [1.29, 1.82) is 0 Å². The van der Waals surface area contributed by atoms with Crippen LogP contribution in [-0.2, 0) is 6.18 Å². The fourth-order valence-electron chi connectivity index (χ4n) is 3.91. The lowest BCUT2D eigenvalue weighted by molar-refractivity contribution is -0.137. The highest BCUT2D eigenvalue weighted by atomic mass is 19.4. The SMILES string of the molecule is CN1CCC[C@@H](N(C)c2nnc3c(-c4ccc(C(F)(F)F)cc4O)cccn23)C1. The molecular weight excluding hydrogens is 383 g/mol. The molecule has 3 aromatic rings. The molecule has 6 nitrogen and oxygen atoms in total. The third-order valence-electron chi connectivity index (χ3n) is 5.49. The number of piperidine rings is 1. The van der Waals surface area contributed by atoms with Gasteiger partial charge in [-0.05, 0) is 56.8 Å². The zero-order valence-corrected chi connectivity index (χ0v) is 16.2. The average molecular weight is 405 g/mol. The number of aromatic hydroxyl groups is 1. The van der Waals surface area contributed by atoms with E-state index in [9.17, 15) is 18.3 Å². The van der Waals surface area contributed by atoms with E-state index in [2.05, 4.69) is 27.0 Å². The first kappa shape index (κ1) is 19.5. The third-order valence-corrected chi connectivity index (χ3v) is 5.49. The Bertz CT molecular complexity index is 1030. The number of phenolic OH excluding ortho intramolecular Hbond substituents is 1. The standard InChI is InChI=1S/C20H22F3N5O/c1-26-9-3-5-14(12-26)27(2)19-25-24-18-16(6-4-10-28(18)19)15-8-7-13(11-17(15)29)20(21,22)23/h4,6-8,10-11,14,29H,3,5,9,12H2,1-2H3/t14-/m1/s1. The summed E-state index contributed by atoms with van der Waals surface area (Å²) in [6.45, 7) is 1.99. The minimum absolute atomic E-state index is 0.280. The summed E-state index contributed by atoms with van der Waals surface area (Å²) in [4.78, 5) is 4.37. The Kier molecular flexibility index (Phi) is 4.85. The van der Waals surface area contributed by atoms with Gasteiger partial charge in [0.2, 0.25) is 5.95 Å². The molecule has 154 valence electrons. The van der Waals surface area contributed by atoms with Gasteiger partial charge >= 0.3 is 6.18 Å². The maximum absolute atomic E-state index is 12.9. The average Bonchev–Trinajstić information content (AvgIpc) is 3.11. The van der Waals surface area contributed by atoms with Crippen LogP contribution >= 0.6 is 0 Å². The monoisotopic (exact) mass is 405 g/mol. The number of hydrogen-bond acceptors (Lipinski definition) is 5. The molecule has 1 fully saturated rings. The van der Waals surface area contributed by atoms with Crippen LogP contribution in [0.25, 0.3) is 16.8 Å². The first-order valence-corrected chi connectivity index (χ1v) is 9.41. The summed E-state index contributed by atoms with van der Waals surface area (Å²) < 4.78 is 40.5. The van der Waals surface area contributed by atoms with Crippen molar-refractivity contribution in [1.82, 2.24) is 19.5 Å². The summed E-state index contributed by atoms with van der Waals surface area (Å²) in [6, 6.07) is 6.74. The second-order valence-corrected chi connectivity index (χ2v) is 7.51. The second-order valence-electron chi connectivity index (χ2n) is 7.51. The predicted molar refractivity (Wildman–Crippen MR) is 104 cm³/mol. The molecule has 0 bridgehead atoms. The van der Waals surface area contributed by atoms with Crippen molar-refractivity contribution < 1.29 is 18.3 Å². The highest BCUT2D eigenvalue weighted by molar-refractivity contribution is 5.82. The van der Waals surface area contributed by atoms with Gasteiger partial charge in [0.15, 0.2) is 5.65 Å². The molecule has 29 heavy (non-hydrogen) atoms. The molecule has 1 aromatic carbocycles. The van der Waals surface area contributed by atoms with Crippen LogP contribution in [-0.4, -0.2) is 57.8 Å².